The lowest BCUT2D eigenvalue weighted by molar-refractivity contribution is -0.133. The molecule has 30 heavy (non-hydrogen) atoms. The molecule has 2 aliphatic rings. The SMILES string of the molecule is COc1cc2c(cc1OC)[C@@H](C)N(C(=O)CCN1C(=O)c3ccccc3C1=O)CC2. The van der Waals surface area contributed by atoms with Gasteiger partial charge in [0.05, 0.1) is 31.4 Å². The summed E-state index contributed by atoms with van der Waals surface area (Å²) in [6.45, 7) is 2.63. The molecule has 7 heteroatoms. The van der Waals surface area contributed by atoms with Gasteiger partial charge in [-0.2, -0.15) is 0 Å². The monoisotopic (exact) mass is 408 g/mol. The number of imide groups is 1. The molecule has 0 N–H and O–H groups in total. The van der Waals surface area contributed by atoms with Gasteiger partial charge < -0.3 is 14.4 Å². The van der Waals surface area contributed by atoms with Crippen molar-refractivity contribution in [2.75, 3.05) is 27.3 Å². The molecule has 2 aromatic carbocycles. The Bertz CT molecular complexity index is 997. The summed E-state index contributed by atoms with van der Waals surface area (Å²) in [5.41, 5.74) is 2.95. The summed E-state index contributed by atoms with van der Waals surface area (Å²) in [5, 5.41) is 0. The summed E-state index contributed by atoms with van der Waals surface area (Å²) in [6, 6.07) is 10.5. The van der Waals surface area contributed by atoms with E-state index in [1.165, 1.54) is 4.90 Å². The molecule has 2 heterocycles. The molecule has 0 bridgehead atoms. The molecule has 156 valence electrons. The Morgan fingerprint density at radius 3 is 2.23 bits per heavy atom. The van der Waals surface area contributed by atoms with Crippen molar-refractivity contribution in [3.05, 3.63) is 58.7 Å². The lowest BCUT2D eigenvalue weighted by Gasteiger charge is -2.36. The Labute approximate surface area is 175 Å². The summed E-state index contributed by atoms with van der Waals surface area (Å²) in [5.74, 6) is 0.548. The van der Waals surface area contributed by atoms with E-state index < -0.39 is 0 Å². The molecule has 0 fully saturated rings. The minimum atomic E-state index is -0.336. The molecule has 3 amide bonds. The largest absolute Gasteiger partial charge is 0.493 e. The second-order valence-electron chi connectivity index (χ2n) is 7.48. The third-order valence-electron chi connectivity index (χ3n) is 5.93. The van der Waals surface area contributed by atoms with Gasteiger partial charge in [-0.25, -0.2) is 0 Å². The van der Waals surface area contributed by atoms with Crippen LogP contribution >= 0.6 is 0 Å². The summed E-state index contributed by atoms with van der Waals surface area (Å²) in [6.07, 6.45) is 0.803. The highest BCUT2D eigenvalue weighted by molar-refractivity contribution is 6.21. The summed E-state index contributed by atoms with van der Waals surface area (Å²) in [7, 11) is 3.19. The summed E-state index contributed by atoms with van der Waals surface area (Å²) in [4.78, 5) is 40.9. The molecule has 2 aromatic rings. The molecule has 0 aromatic heterocycles. The fourth-order valence-corrected chi connectivity index (χ4v) is 4.28. The van der Waals surface area contributed by atoms with E-state index in [2.05, 4.69) is 0 Å². The number of hydrogen-bond acceptors (Lipinski definition) is 5. The lowest BCUT2D eigenvalue weighted by Crippen LogP contribution is -2.41. The van der Waals surface area contributed by atoms with E-state index in [1.807, 2.05) is 19.1 Å². The fourth-order valence-electron chi connectivity index (χ4n) is 4.28. The Balaban J connectivity index is 1.47. The van der Waals surface area contributed by atoms with Crippen molar-refractivity contribution in [3.8, 4) is 11.5 Å². The van der Waals surface area contributed by atoms with Gasteiger partial charge in [0, 0.05) is 19.5 Å². The second kappa shape index (κ2) is 7.82. The van der Waals surface area contributed by atoms with Crippen LogP contribution in [0.2, 0.25) is 0 Å². The summed E-state index contributed by atoms with van der Waals surface area (Å²) >= 11 is 0. The minimum absolute atomic E-state index is 0.0766. The molecule has 0 saturated carbocycles. The minimum Gasteiger partial charge on any atom is -0.493 e. The van der Waals surface area contributed by atoms with Crippen LogP contribution in [0.15, 0.2) is 36.4 Å². The third-order valence-corrected chi connectivity index (χ3v) is 5.93. The van der Waals surface area contributed by atoms with Crippen LogP contribution in [0.5, 0.6) is 11.5 Å². The molecule has 0 radical (unpaired) electrons. The molecule has 4 rings (SSSR count). The number of methoxy groups -OCH3 is 2. The number of amides is 3. The fraction of sp³-hybridized carbons (Fsp3) is 0.348. The average Bonchev–Trinajstić information content (AvgIpc) is 3.01. The van der Waals surface area contributed by atoms with Gasteiger partial charge in [0.25, 0.3) is 11.8 Å². The zero-order valence-corrected chi connectivity index (χ0v) is 17.3. The van der Waals surface area contributed by atoms with Crippen LogP contribution in [0.4, 0.5) is 0 Å². The van der Waals surface area contributed by atoms with Crippen molar-refractivity contribution in [1.29, 1.82) is 0 Å². The number of ether oxygens (including phenoxy) is 2. The van der Waals surface area contributed by atoms with E-state index in [0.717, 1.165) is 11.1 Å². The van der Waals surface area contributed by atoms with Crippen molar-refractivity contribution < 1.29 is 23.9 Å². The third kappa shape index (κ3) is 3.20. The van der Waals surface area contributed by atoms with E-state index in [4.69, 9.17) is 9.47 Å². The van der Waals surface area contributed by atoms with Gasteiger partial charge in [-0.05, 0) is 48.7 Å². The van der Waals surface area contributed by atoms with Crippen LogP contribution in [0.25, 0.3) is 0 Å². The van der Waals surface area contributed by atoms with E-state index >= 15 is 0 Å². The number of nitrogens with zero attached hydrogens (tertiary/aromatic N) is 2. The maximum Gasteiger partial charge on any atom is 0.261 e. The van der Waals surface area contributed by atoms with Crippen LogP contribution in [0.1, 0.15) is 51.2 Å². The number of hydrogen-bond donors (Lipinski definition) is 0. The predicted octanol–water partition coefficient (Wildman–Crippen LogP) is 2.84. The normalized spacial score (nSPS) is 17.6. The number of carbonyl (C=O) groups is 3. The Morgan fingerprint density at radius 1 is 1.03 bits per heavy atom. The molecule has 0 unspecified atom stereocenters. The molecule has 0 spiro atoms. The highest BCUT2D eigenvalue weighted by Gasteiger charge is 2.36. The van der Waals surface area contributed by atoms with Crippen LogP contribution in [0, 0.1) is 0 Å². The Morgan fingerprint density at radius 2 is 1.63 bits per heavy atom. The first-order valence-electron chi connectivity index (χ1n) is 9.95. The van der Waals surface area contributed by atoms with Gasteiger partial charge >= 0.3 is 0 Å². The predicted molar refractivity (Wildman–Crippen MR) is 110 cm³/mol. The standard InChI is InChI=1S/C23H24N2O5/c1-14-18-13-20(30-3)19(29-2)12-15(18)8-10-24(14)21(26)9-11-25-22(27)16-6-4-5-7-17(16)23(25)28/h4-7,12-14H,8-11H2,1-3H3/t14-/m1/s1. The Hall–Kier alpha value is -3.35. The first-order chi connectivity index (χ1) is 14.5. The topological polar surface area (TPSA) is 76.2 Å². The van der Waals surface area contributed by atoms with Crippen molar-refractivity contribution >= 4 is 17.7 Å². The zero-order chi connectivity index (χ0) is 21.4. The van der Waals surface area contributed by atoms with Crippen molar-refractivity contribution in [3.63, 3.8) is 0 Å². The quantitative estimate of drug-likeness (QED) is 0.711. The van der Waals surface area contributed by atoms with Gasteiger partial charge in [0.15, 0.2) is 11.5 Å². The van der Waals surface area contributed by atoms with Crippen LogP contribution in [-0.2, 0) is 11.2 Å². The molecule has 1 atom stereocenters. The van der Waals surface area contributed by atoms with Gasteiger partial charge in [-0.3, -0.25) is 19.3 Å². The van der Waals surface area contributed by atoms with E-state index in [0.29, 0.717) is 35.6 Å². The highest BCUT2D eigenvalue weighted by atomic mass is 16.5. The average molecular weight is 408 g/mol. The smallest absolute Gasteiger partial charge is 0.261 e. The van der Waals surface area contributed by atoms with E-state index in [9.17, 15) is 14.4 Å². The van der Waals surface area contributed by atoms with Gasteiger partial charge in [-0.15, -0.1) is 0 Å². The first kappa shape index (κ1) is 19.9. The van der Waals surface area contributed by atoms with Crippen molar-refractivity contribution in [1.82, 2.24) is 9.80 Å². The molecule has 7 nitrogen and oxygen atoms in total. The number of benzene rings is 2. The maximum atomic E-state index is 13.0. The number of rotatable bonds is 5. The molecular formula is C23H24N2O5. The summed E-state index contributed by atoms with van der Waals surface area (Å²) < 4.78 is 10.8. The van der Waals surface area contributed by atoms with Gasteiger partial charge in [-0.1, -0.05) is 12.1 Å². The van der Waals surface area contributed by atoms with Crippen LogP contribution < -0.4 is 9.47 Å². The number of fused-ring (bicyclic) bond motifs is 2. The first-order valence-corrected chi connectivity index (χ1v) is 9.95. The second-order valence-corrected chi connectivity index (χ2v) is 7.48. The highest BCUT2D eigenvalue weighted by Crippen LogP contribution is 2.38. The molecular weight excluding hydrogens is 384 g/mol. The zero-order valence-electron chi connectivity index (χ0n) is 17.3. The van der Waals surface area contributed by atoms with Crippen molar-refractivity contribution in [2.24, 2.45) is 0 Å². The maximum absolute atomic E-state index is 13.0. The molecule has 0 aliphatic carbocycles. The van der Waals surface area contributed by atoms with Crippen LogP contribution in [-0.4, -0.2) is 54.8 Å². The Kier molecular flexibility index (Phi) is 5.20. The molecule has 2 aliphatic heterocycles. The van der Waals surface area contributed by atoms with Gasteiger partial charge in [0.1, 0.15) is 0 Å². The van der Waals surface area contributed by atoms with E-state index in [-0.39, 0.29) is 36.7 Å². The van der Waals surface area contributed by atoms with Crippen LogP contribution in [0.3, 0.4) is 0 Å². The lowest BCUT2D eigenvalue weighted by atomic mass is 9.92. The van der Waals surface area contributed by atoms with E-state index in [1.54, 1.807) is 43.4 Å². The van der Waals surface area contributed by atoms with Crippen molar-refractivity contribution in [2.45, 2.75) is 25.8 Å². The molecule has 0 saturated heterocycles. The van der Waals surface area contributed by atoms with Gasteiger partial charge in [0.2, 0.25) is 5.91 Å². The number of carbonyl (C=O) groups excluding carboxylic acids is 3.